The Morgan fingerprint density at radius 3 is 2.05 bits per heavy atom. The maximum atomic E-state index is 13.8. The molecule has 3 N–H and O–H groups in total. The number of rotatable bonds is 15. The SMILES string of the molecule is CNC(=O)[C@H](Cc1ccccc1)NC(=O)[C@](CC(C)C)(NC(=O)CCCCCN1C(=O)c2ccccc2C1=O)SC(C)=O. The molecule has 1 aliphatic rings. The largest absolute Gasteiger partial charge is 0.357 e. The molecular weight excluding hydrogens is 568 g/mol. The molecule has 0 fully saturated rings. The third-order valence-corrected chi connectivity index (χ3v) is 8.13. The van der Waals surface area contributed by atoms with Crippen molar-refractivity contribution in [2.45, 2.75) is 70.2 Å². The van der Waals surface area contributed by atoms with Crippen LogP contribution in [0.5, 0.6) is 0 Å². The molecule has 0 saturated carbocycles. The number of likely N-dealkylation sites (N-methyl/N-ethyl adjacent to an activating group) is 1. The van der Waals surface area contributed by atoms with E-state index in [1.807, 2.05) is 44.2 Å². The molecule has 1 aliphatic heterocycles. The first-order valence-corrected chi connectivity index (χ1v) is 15.3. The number of nitrogens with one attached hydrogen (secondary N) is 3. The summed E-state index contributed by atoms with van der Waals surface area (Å²) in [7, 11) is 1.48. The Morgan fingerprint density at radius 1 is 0.884 bits per heavy atom. The van der Waals surface area contributed by atoms with Gasteiger partial charge in [0.1, 0.15) is 6.04 Å². The summed E-state index contributed by atoms with van der Waals surface area (Å²) in [6, 6.07) is 15.0. The fourth-order valence-electron chi connectivity index (χ4n) is 5.10. The van der Waals surface area contributed by atoms with Gasteiger partial charge in [0, 0.05) is 33.4 Å². The molecule has 0 saturated heterocycles. The van der Waals surface area contributed by atoms with Crippen LogP contribution in [0, 0.1) is 5.92 Å². The number of imide groups is 1. The van der Waals surface area contributed by atoms with Crippen molar-refractivity contribution in [3.63, 3.8) is 0 Å². The number of amides is 5. The van der Waals surface area contributed by atoms with E-state index in [9.17, 15) is 28.8 Å². The van der Waals surface area contributed by atoms with Gasteiger partial charge in [-0.2, -0.15) is 0 Å². The lowest BCUT2D eigenvalue weighted by Crippen LogP contribution is -2.61. The summed E-state index contributed by atoms with van der Waals surface area (Å²) in [6.45, 7) is 5.34. The smallest absolute Gasteiger partial charge is 0.261 e. The summed E-state index contributed by atoms with van der Waals surface area (Å²) >= 11 is 0.738. The second-order valence-electron chi connectivity index (χ2n) is 11.0. The highest BCUT2D eigenvalue weighted by Gasteiger charge is 2.44. The number of fused-ring (bicyclic) bond motifs is 1. The van der Waals surface area contributed by atoms with Gasteiger partial charge in [-0.3, -0.25) is 33.7 Å². The summed E-state index contributed by atoms with van der Waals surface area (Å²) < 4.78 is 0. The van der Waals surface area contributed by atoms with Crippen LogP contribution in [0.15, 0.2) is 54.6 Å². The molecular formula is C32H40N4O6S. The summed E-state index contributed by atoms with van der Waals surface area (Å²) in [5.74, 6) is -2.12. The molecule has 43 heavy (non-hydrogen) atoms. The molecule has 3 rings (SSSR count). The van der Waals surface area contributed by atoms with E-state index >= 15 is 0 Å². The first kappa shape index (κ1) is 33.5. The maximum absolute atomic E-state index is 13.8. The van der Waals surface area contributed by atoms with Crippen molar-refractivity contribution in [3.05, 3.63) is 71.3 Å². The van der Waals surface area contributed by atoms with E-state index in [1.54, 1.807) is 24.3 Å². The predicted octanol–water partition coefficient (Wildman–Crippen LogP) is 3.45. The molecule has 0 unspecified atom stereocenters. The van der Waals surface area contributed by atoms with Crippen molar-refractivity contribution >= 4 is 46.4 Å². The van der Waals surface area contributed by atoms with Crippen LogP contribution in [0.2, 0.25) is 0 Å². The number of benzene rings is 2. The van der Waals surface area contributed by atoms with Crippen molar-refractivity contribution in [1.29, 1.82) is 0 Å². The highest BCUT2D eigenvalue weighted by atomic mass is 32.2. The van der Waals surface area contributed by atoms with Crippen molar-refractivity contribution in [2.24, 2.45) is 5.92 Å². The molecule has 0 bridgehead atoms. The van der Waals surface area contributed by atoms with Gasteiger partial charge in [0.25, 0.3) is 17.7 Å². The molecule has 0 aliphatic carbocycles. The third kappa shape index (κ3) is 9.00. The molecule has 5 amide bonds. The molecule has 10 nitrogen and oxygen atoms in total. The van der Waals surface area contributed by atoms with E-state index in [2.05, 4.69) is 16.0 Å². The molecule has 11 heteroatoms. The Bertz CT molecular complexity index is 1310. The minimum atomic E-state index is -1.61. The minimum absolute atomic E-state index is 0.0647. The van der Waals surface area contributed by atoms with E-state index in [1.165, 1.54) is 18.9 Å². The molecule has 2 aromatic carbocycles. The maximum Gasteiger partial charge on any atom is 0.261 e. The van der Waals surface area contributed by atoms with Gasteiger partial charge in [0.15, 0.2) is 9.99 Å². The Balaban J connectivity index is 1.64. The predicted molar refractivity (Wildman–Crippen MR) is 165 cm³/mol. The molecule has 2 atom stereocenters. The first-order valence-electron chi connectivity index (χ1n) is 14.5. The van der Waals surface area contributed by atoms with Gasteiger partial charge in [0.05, 0.1) is 11.1 Å². The summed E-state index contributed by atoms with van der Waals surface area (Å²) in [5, 5.41) is 7.83. The van der Waals surface area contributed by atoms with E-state index in [4.69, 9.17) is 0 Å². The van der Waals surface area contributed by atoms with Crippen LogP contribution in [-0.2, 0) is 25.6 Å². The van der Waals surface area contributed by atoms with Gasteiger partial charge in [0.2, 0.25) is 11.8 Å². The fraction of sp³-hybridized carbons (Fsp3) is 0.438. The monoisotopic (exact) mass is 608 g/mol. The number of nitrogens with zero attached hydrogens (tertiary/aromatic N) is 1. The number of carbonyl (C=O) groups is 6. The summed E-state index contributed by atoms with van der Waals surface area (Å²) in [5.41, 5.74) is 1.64. The number of unbranched alkanes of at least 4 members (excludes halogenated alkanes) is 2. The fourth-order valence-corrected chi connectivity index (χ4v) is 6.33. The van der Waals surface area contributed by atoms with Crippen LogP contribution in [0.3, 0.4) is 0 Å². The van der Waals surface area contributed by atoms with Crippen LogP contribution in [0.4, 0.5) is 0 Å². The van der Waals surface area contributed by atoms with Crippen LogP contribution in [-0.4, -0.2) is 64.1 Å². The lowest BCUT2D eigenvalue weighted by molar-refractivity contribution is -0.133. The molecule has 1 heterocycles. The zero-order valence-electron chi connectivity index (χ0n) is 25.1. The zero-order chi connectivity index (χ0) is 31.6. The van der Waals surface area contributed by atoms with Crippen molar-refractivity contribution in [1.82, 2.24) is 20.9 Å². The third-order valence-electron chi connectivity index (χ3n) is 7.04. The van der Waals surface area contributed by atoms with Crippen LogP contribution in [0.25, 0.3) is 0 Å². The van der Waals surface area contributed by atoms with Gasteiger partial charge in [-0.05, 0) is 42.9 Å². The van der Waals surface area contributed by atoms with Crippen LogP contribution < -0.4 is 16.0 Å². The van der Waals surface area contributed by atoms with Gasteiger partial charge in [-0.1, -0.05) is 74.5 Å². The molecule has 0 aromatic heterocycles. The summed E-state index contributed by atoms with van der Waals surface area (Å²) in [4.78, 5) is 76.8. The molecule has 230 valence electrons. The van der Waals surface area contributed by atoms with Gasteiger partial charge >= 0.3 is 0 Å². The highest BCUT2D eigenvalue weighted by Crippen LogP contribution is 2.32. The molecule has 2 aromatic rings. The van der Waals surface area contributed by atoms with Crippen LogP contribution in [0.1, 0.15) is 79.2 Å². The minimum Gasteiger partial charge on any atom is -0.357 e. The molecule has 0 spiro atoms. The van der Waals surface area contributed by atoms with Gasteiger partial charge in [-0.25, -0.2) is 0 Å². The van der Waals surface area contributed by atoms with Crippen molar-refractivity contribution < 1.29 is 28.8 Å². The standard InChI is InChI=1S/C32H40N4O6S/c1-21(2)20-32(43-22(3)37,31(42)34-26(28(39)33-4)19-23-13-7-5-8-14-23)35-27(38)17-9-6-12-18-36-29(40)24-15-10-11-16-25(24)30(36)41/h5,7-8,10-11,13-16,21,26H,6,9,12,17-20H2,1-4H3,(H,33,39)(H,34,42)(H,35,38)/t26-,32+/m0/s1. The van der Waals surface area contributed by atoms with E-state index in [0.29, 0.717) is 30.4 Å². The van der Waals surface area contributed by atoms with Gasteiger partial charge in [-0.15, -0.1) is 0 Å². The normalized spacial score (nSPS) is 14.6. The van der Waals surface area contributed by atoms with E-state index in [-0.39, 0.29) is 48.7 Å². The second-order valence-corrected chi connectivity index (χ2v) is 12.5. The number of hydrogen-bond donors (Lipinski definition) is 3. The van der Waals surface area contributed by atoms with Crippen LogP contribution >= 0.6 is 11.8 Å². The van der Waals surface area contributed by atoms with Gasteiger partial charge < -0.3 is 16.0 Å². The van der Waals surface area contributed by atoms with Crippen molar-refractivity contribution in [3.8, 4) is 0 Å². The Kier molecular flexibility index (Phi) is 12.1. The number of carbonyl (C=O) groups excluding carboxylic acids is 6. The highest BCUT2D eigenvalue weighted by molar-refractivity contribution is 8.15. The summed E-state index contributed by atoms with van der Waals surface area (Å²) in [6.07, 6.45) is 2.02. The lowest BCUT2D eigenvalue weighted by Gasteiger charge is -2.34. The van der Waals surface area contributed by atoms with Crippen molar-refractivity contribution in [2.75, 3.05) is 13.6 Å². The quantitative estimate of drug-likeness (QED) is 0.160. The van der Waals surface area contributed by atoms with E-state index in [0.717, 1.165) is 17.3 Å². The number of thioether (sulfide) groups is 1. The zero-order valence-corrected chi connectivity index (χ0v) is 25.9. The van der Waals surface area contributed by atoms with E-state index < -0.39 is 28.6 Å². The Labute approximate surface area is 256 Å². The Hall–Kier alpha value is -3.99. The average molecular weight is 609 g/mol. The lowest BCUT2D eigenvalue weighted by atomic mass is 10.00. The topological polar surface area (TPSA) is 142 Å². The first-order chi connectivity index (χ1) is 20.5. The second kappa shape index (κ2) is 15.5. The molecule has 0 radical (unpaired) electrons. The number of hydrogen-bond acceptors (Lipinski definition) is 7. The Morgan fingerprint density at radius 2 is 1.49 bits per heavy atom. The average Bonchev–Trinajstić information content (AvgIpc) is 3.20.